The lowest BCUT2D eigenvalue weighted by Crippen LogP contribution is -2.53. The zero-order valence-corrected chi connectivity index (χ0v) is 8.56. The Morgan fingerprint density at radius 2 is 2.00 bits per heavy atom. The average Bonchev–Trinajstić information content (AvgIpc) is 1.79. The molecule has 1 heterocycles. The minimum absolute atomic E-state index is 0.112. The number of hydrogen-bond donors (Lipinski definition) is 1. The van der Waals surface area contributed by atoms with Gasteiger partial charge >= 0.3 is 0 Å². The molecule has 0 saturated carbocycles. The number of rotatable bonds is 3. The largest absolute Gasteiger partial charge is 0.316 e. The predicted molar refractivity (Wildman–Crippen MR) is 48.4 cm³/mol. The molecule has 72 valence electrons. The number of sulfonamides is 1. The molecule has 1 aliphatic heterocycles. The molecule has 0 radical (unpaired) electrons. The Balaban J connectivity index is 2.57. The molecular weight excluding hydrogens is 176 g/mol. The van der Waals surface area contributed by atoms with Gasteiger partial charge in [0.15, 0.2) is 0 Å². The Kier molecular flexibility index (Phi) is 2.75. The van der Waals surface area contributed by atoms with Crippen LogP contribution in [0.2, 0.25) is 0 Å². The van der Waals surface area contributed by atoms with Crippen molar-refractivity contribution in [2.75, 3.05) is 26.4 Å². The van der Waals surface area contributed by atoms with Crippen LogP contribution in [-0.2, 0) is 10.0 Å². The standard InChI is InChI=1S/C7H16N2O2S/c1-6(7-4-8-5-7)9(2)12(3,10)11/h6-8H,4-5H2,1-3H3. The van der Waals surface area contributed by atoms with Gasteiger partial charge < -0.3 is 5.32 Å². The highest BCUT2D eigenvalue weighted by Crippen LogP contribution is 2.15. The van der Waals surface area contributed by atoms with Crippen LogP contribution in [0.3, 0.4) is 0 Å². The molecule has 1 N–H and O–H groups in total. The summed E-state index contributed by atoms with van der Waals surface area (Å²) in [5.74, 6) is 0.477. The summed E-state index contributed by atoms with van der Waals surface area (Å²) in [6.45, 7) is 3.81. The summed E-state index contributed by atoms with van der Waals surface area (Å²) in [7, 11) is -1.38. The highest BCUT2D eigenvalue weighted by atomic mass is 32.2. The topological polar surface area (TPSA) is 49.4 Å². The zero-order chi connectivity index (χ0) is 9.35. The lowest BCUT2D eigenvalue weighted by molar-refractivity contribution is 0.215. The lowest BCUT2D eigenvalue weighted by Gasteiger charge is -2.36. The molecule has 1 unspecified atom stereocenters. The van der Waals surface area contributed by atoms with Gasteiger partial charge in [-0.05, 0) is 6.92 Å². The smallest absolute Gasteiger partial charge is 0.211 e. The molecule has 1 fully saturated rings. The van der Waals surface area contributed by atoms with Crippen LogP contribution in [0.4, 0.5) is 0 Å². The van der Waals surface area contributed by atoms with E-state index in [1.165, 1.54) is 10.6 Å². The molecule has 5 heteroatoms. The van der Waals surface area contributed by atoms with Gasteiger partial charge in [0.1, 0.15) is 0 Å². The highest BCUT2D eigenvalue weighted by molar-refractivity contribution is 7.88. The van der Waals surface area contributed by atoms with Gasteiger partial charge in [0.25, 0.3) is 0 Å². The van der Waals surface area contributed by atoms with Crippen LogP contribution >= 0.6 is 0 Å². The van der Waals surface area contributed by atoms with E-state index in [9.17, 15) is 8.42 Å². The van der Waals surface area contributed by atoms with Gasteiger partial charge in [0.2, 0.25) is 10.0 Å². The van der Waals surface area contributed by atoms with Crippen LogP contribution in [0.15, 0.2) is 0 Å². The van der Waals surface area contributed by atoms with Crippen molar-refractivity contribution in [3.8, 4) is 0 Å². The van der Waals surface area contributed by atoms with E-state index in [0.717, 1.165) is 13.1 Å². The molecule has 1 rings (SSSR count). The van der Waals surface area contributed by atoms with E-state index in [2.05, 4.69) is 5.32 Å². The molecule has 0 aliphatic carbocycles. The molecule has 0 aromatic heterocycles. The van der Waals surface area contributed by atoms with Gasteiger partial charge in [-0.3, -0.25) is 0 Å². The fraction of sp³-hybridized carbons (Fsp3) is 1.00. The Labute approximate surface area is 74.0 Å². The van der Waals surface area contributed by atoms with Gasteiger partial charge in [-0.15, -0.1) is 0 Å². The molecule has 0 spiro atoms. The van der Waals surface area contributed by atoms with E-state index in [1.54, 1.807) is 7.05 Å². The van der Waals surface area contributed by atoms with Crippen molar-refractivity contribution in [3.05, 3.63) is 0 Å². The molecule has 0 aromatic carbocycles. The number of nitrogens with one attached hydrogen (secondary N) is 1. The predicted octanol–water partition coefficient (Wildman–Crippen LogP) is -0.514. The molecule has 12 heavy (non-hydrogen) atoms. The fourth-order valence-corrected chi connectivity index (χ4v) is 2.03. The Morgan fingerprint density at radius 3 is 2.25 bits per heavy atom. The summed E-state index contributed by atoms with van der Waals surface area (Å²) in [4.78, 5) is 0. The van der Waals surface area contributed by atoms with Gasteiger partial charge in [-0.25, -0.2) is 12.7 Å². The molecule has 1 saturated heterocycles. The van der Waals surface area contributed by atoms with Crippen molar-refractivity contribution in [1.29, 1.82) is 0 Å². The Hall–Kier alpha value is -0.130. The maximum absolute atomic E-state index is 11.1. The summed E-state index contributed by atoms with van der Waals surface area (Å²) in [5.41, 5.74) is 0. The average molecular weight is 192 g/mol. The van der Waals surface area contributed by atoms with Crippen LogP contribution in [0.1, 0.15) is 6.92 Å². The van der Waals surface area contributed by atoms with E-state index < -0.39 is 10.0 Å². The summed E-state index contributed by atoms with van der Waals surface area (Å²) in [5, 5.41) is 3.13. The van der Waals surface area contributed by atoms with E-state index in [-0.39, 0.29) is 6.04 Å². The summed E-state index contributed by atoms with van der Waals surface area (Å²) in [6.07, 6.45) is 1.25. The number of hydrogen-bond acceptors (Lipinski definition) is 3. The molecule has 4 nitrogen and oxygen atoms in total. The maximum Gasteiger partial charge on any atom is 0.211 e. The summed E-state index contributed by atoms with van der Waals surface area (Å²) in [6, 6.07) is 0.112. The van der Waals surface area contributed by atoms with Crippen molar-refractivity contribution in [1.82, 2.24) is 9.62 Å². The highest BCUT2D eigenvalue weighted by Gasteiger charge is 2.30. The molecule has 1 atom stereocenters. The van der Waals surface area contributed by atoms with Crippen molar-refractivity contribution >= 4 is 10.0 Å². The van der Waals surface area contributed by atoms with Crippen LogP contribution in [-0.4, -0.2) is 45.2 Å². The second-order valence-corrected chi connectivity index (χ2v) is 5.48. The third-order valence-corrected chi connectivity index (χ3v) is 3.97. The third kappa shape index (κ3) is 1.97. The minimum Gasteiger partial charge on any atom is -0.316 e. The van der Waals surface area contributed by atoms with Gasteiger partial charge in [0.05, 0.1) is 6.26 Å². The minimum atomic E-state index is -3.02. The normalized spacial score (nSPS) is 22.3. The van der Waals surface area contributed by atoms with Gasteiger partial charge in [-0.2, -0.15) is 0 Å². The van der Waals surface area contributed by atoms with E-state index in [1.807, 2.05) is 6.92 Å². The molecule has 0 amide bonds. The first kappa shape index (κ1) is 9.95. The first-order valence-corrected chi connectivity index (χ1v) is 5.91. The Bertz CT molecular complexity index is 246. The SMILES string of the molecule is CC(C1CNC1)N(C)S(C)(=O)=O. The van der Waals surface area contributed by atoms with Crippen LogP contribution < -0.4 is 5.32 Å². The number of nitrogens with zero attached hydrogens (tertiary/aromatic N) is 1. The molecule has 0 aromatic rings. The van der Waals surface area contributed by atoms with Gasteiger partial charge in [0, 0.05) is 32.1 Å². The second-order valence-electron chi connectivity index (χ2n) is 3.44. The van der Waals surface area contributed by atoms with E-state index >= 15 is 0 Å². The first-order valence-electron chi connectivity index (χ1n) is 4.06. The maximum atomic E-state index is 11.1. The van der Waals surface area contributed by atoms with Crippen molar-refractivity contribution in [2.45, 2.75) is 13.0 Å². The van der Waals surface area contributed by atoms with Crippen molar-refractivity contribution < 1.29 is 8.42 Å². The van der Waals surface area contributed by atoms with Crippen molar-refractivity contribution in [2.24, 2.45) is 5.92 Å². The van der Waals surface area contributed by atoms with Crippen LogP contribution in [0.5, 0.6) is 0 Å². The lowest BCUT2D eigenvalue weighted by atomic mass is 9.96. The summed E-state index contributed by atoms with van der Waals surface area (Å²) >= 11 is 0. The van der Waals surface area contributed by atoms with Crippen LogP contribution in [0, 0.1) is 5.92 Å². The van der Waals surface area contributed by atoms with E-state index in [0.29, 0.717) is 5.92 Å². The molecular formula is C7H16N2O2S. The van der Waals surface area contributed by atoms with Crippen molar-refractivity contribution in [3.63, 3.8) is 0 Å². The van der Waals surface area contributed by atoms with Crippen LogP contribution in [0.25, 0.3) is 0 Å². The molecule has 0 bridgehead atoms. The third-order valence-electron chi connectivity index (χ3n) is 2.59. The summed E-state index contributed by atoms with van der Waals surface area (Å²) < 4.78 is 23.7. The second kappa shape index (κ2) is 3.32. The quantitative estimate of drug-likeness (QED) is 0.655. The first-order chi connectivity index (χ1) is 5.43. The van der Waals surface area contributed by atoms with E-state index in [4.69, 9.17) is 0 Å². The van der Waals surface area contributed by atoms with Gasteiger partial charge in [-0.1, -0.05) is 0 Å². The zero-order valence-electron chi connectivity index (χ0n) is 7.74. The monoisotopic (exact) mass is 192 g/mol. The Morgan fingerprint density at radius 1 is 1.50 bits per heavy atom. The fourth-order valence-electron chi connectivity index (χ4n) is 1.25. The molecule has 1 aliphatic rings.